The zero-order chi connectivity index (χ0) is 14.4. The van der Waals surface area contributed by atoms with E-state index in [1.165, 1.54) is 11.3 Å². The Labute approximate surface area is 126 Å². The number of thiazole rings is 1. The summed E-state index contributed by atoms with van der Waals surface area (Å²) in [6.07, 6.45) is 2.32. The molecule has 2 aromatic rings. The molecule has 0 saturated carbocycles. The number of aromatic nitrogens is 1. The summed E-state index contributed by atoms with van der Waals surface area (Å²) < 4.78 is 1.03. The average Bonchev–Trinajstić information content (AvgIpc) is 3.05. The highest BCUT2D eigenvalue weighted by atomic mass is 32.1. The molecule has 1 N–H and O–H groups in total. The average molecular weight is 301 g/mol. The van der Waals surface area contributed by atoms with Crippen molar-refractivity contribution >= 4 is 33.4 Å². The minimum Gasteiger partial charge on any atom is -0.354 e. The fourth-order valence-corrected chi connectivity index (χ4v) is 4.06. The van der Waals surface area contributed by atoms with Crippen molar-refractivity contribution in [3.8, 4) is 0 Å². The van der Waals surface area contributed by atoms with Crippen LogP contribution in [0.2, 0.25) is 0 Å². The summed E-state index contributed by atoms with van der Waals surface area (Å²) in [5.41, 5.74) is 3.40. The van der Waals surface area contributed by atoms with Gasteiger partial charge in [0.2, 0.25) is 5.91 Å². The number of rotatable bonds is 1. The van der Waals surface area contributed by atoms with Crippen LogP contribution in [0.15, 0.2) is 23.7 Å². The van der Waals surface area contributed by atoms with Crippen LogP contribution in [0.25, 0.3) is 10.2 Å². The number of hydrogen-bond donors (Lipinski definition) is 1. The van der Waals surface area contributed by atoms with Crippen molar-refractivity contribution in [1.29, 1.82) is 0 Å². The van der Waals surface area contributed by atoms with Gasteiger partial charge in [-0.15, -0.1) is 11.3 Å². The zero-order valence-electron chi connectivity index (χ0n) is 11.4. The summed E-state index contributed by atoms with van der Waals surface area (Å²) in [7, 11) is 0. The first-order chi connectivity index (χ1) is 10.2. The van der Waals surface area contributed by atoms with E-state index in [-0.39, 0.29) is 23.9 Å². The Morgan fingerprint density at radius 1 is 1.33 bits per heavy atom. The molecule has 6 heteroatoms. The van der Waals surface area contributed by atoms with Crippen LogP contribution in [0.4, 0.5) is 0 Å². The van der Waals surface area contributed by atoms with E-state index < -0.39 is 0 Å². The van der Waals surface area contributed by atoms with Gasteiger partial charge in [0.25, 0.3) is 5.91 Å². The number of nitrogens with one attached hydrogen (secondary N) is 1. The quantitative estimate of drug-likeness (QED) is 0.873. The van der Waals surface area contributed by atoms with Gasteiger partial charge in [-0.1, -0.05) is 0 Å². The minimum absolute atomic E-state index is 0.0364. The predicted molar refractivity (Wildman–Crippen MR) is 80.2 cm³/mol. The van der Waals surface area contributed by atoms with E-state index in [4.69, 9.17) is 0 Å². The third kappa shape index (κ3) is 2.10. The summed E-state index contributed by atoms with van der Waals surface area (Å²) in [4.78, 5) is 30.7. The van der Waals surface area contributed by atoms with E-state index in [1.807, 2.05) is 23.1 Å². The van der Waals surface area contributed by atoms with E-state index >= 15 is 0 Å². The summed E-state index contributed by atoms with van der Waals surface area (Å²) in [5.74, 6) is 0.0900. The Hall–Kier alpha value is -1.95. The lowest BCUT2D eigenvalue weighted by Crippen LogP contribution is -2.42. The highest BCUT2D eigenvalue weighted by molar-refractivity contribution is 7.16. The Morgan fingerprint density at radius 2 is 2.19 bits per heavy atom. The summed E-state index contributed by atoms with van der Waals surface area (Å²) in [6, 6.07) is 5.81. The molecule has 2 saturated heterocycles. The summed E-state index contributed by atoms with van der Waals surface area (Å²) >= 11 is 1.54. The van der Waals surface area contributed by atoms with Gasteiger partial charge in [0.15, 0.2) is 0 Å². The smallest absolute Gasteiger partial charge is 0.254 e. The second-order valence-corrected chi connectivity index (χ2v) is 6.53. The fraction of sp³-hybridized carbons (Fsp3) is 0.400. The predicted octanol–water partition coefficient (Wildman–Crippen LogP) is 1.79. The summed E-state index contributed by atoms with van der Waals surface area (Å²) in [5, 5.41) is 2.90. The molecule has 21 heavy (non-hydrogen) atoms. The van der Waals surface area contributed by atoms with Crippen LogP contribution in [0.3, 0.4) is 0 Å². The van der Waals surface area contributed by atoms with Crippen molar-refractivity contribution < 1.29 is 9.59 Å². The van der Waals surface area contributed by atoms with Crippen molar-refractivity contribution in [2.24, 2.45) is 0 Å². The molecule has 2 atom stereocenters. The van der Waals surface area contributed by atoms with Crippen molar-refractivity contribution in [1.82, 2.24) is 15.2 Å². The highest BCUT2D eigenvalue weighted by Gasteiger charge is 2.40. The summed E-state index contributed by atoms with van der Waals surface area (Å²) in [6.45, 7) is 0.573. The van der Waals surface area contributed by atoms with Gasteiger partial charge < -0.3 is 10.2 Å². The van der Waals surface area contributed by atoms with Gasteiger partial charge in [0.05, 0.1) is 15.7 Å². The third-order valence-corrected chi connectivity index (χ3v) is 5.18. The maximum atomic E-state index is 12.9. The molecule has 2 amide bonds. The molecule has 0 spiro atoms. The van der Waals surface area contributed by atoms with E-state index in [2.05, 4.69) is 10.3 Å². The van der Waals surface area contributed by atoms with Crippen LogP contribution >= 0.6 is 11.3 Å². The van der Waals surface area contributed by atoms with Gasteiger partial charge in [0, 0.05) is 30.6 Å². The lowest BCUT2D eigenvalue weighted by Gasteiger charge is -2.27. The Bertz CT molecular complexity index is 727. The van der Waals surface area contributed by atoms with Gasteiger partial charge in [0.1, 0.15) is 0 Å². The van der Waals surface area contributed by atoms with Crippen molar-refractivity contribution in [2.75, 3.05) is 6.54 Å². The van der Waals surface area contributed by atoms with E-state index in [0.29, 0.717) is 18.5 Å². The number of nitrogens with zero attached hydrogens (tertiary/aromatic N) is 2. The molecule has 5 nitrogen and oxygen atoms in total. The molecule has 2 aliphatic rings. The number of hydrogen-bond acceptors (Lipinski definition) is 4. The van der Waals surface area contributed by atoms with Crippen LogP contribution in [0.5, 0.6) is 0 Å². The minimum atomic E-state index is 0.0364. The Morgan fingerprint density at radius 3 is 3.10 bits per heavy atom. The number of fused-ring (bicyclic) bond motifs is 3. The molecule has 4 rings (SSSR count). The molecule has 0 unspecified atom stereocenters. The highest BCUT2D eigenvalue weighted by Crippen LogP contribution is 2.30. The lowest BCUT2D eigenvalue weighted by atomic mass is 10.1. The second-order valence-electron chi connectivity index (χ2n) is 5.64. The van der Waals surface area contributed by atoms with E-state index in [0.717, 1.165) is 23.1 Å². The van der Waals surface area contributed by atoms with Crippen molar-refractivity contribution in [3.63, 3.8) is 0 Å². The van der Waals surface area contributed by atoms with E-state index in [9.17, 15) is 9.59 Å². The van der Waals surface area contributed by atoms with Crippen LogP contribution in [-0.4, -0.2) is 40.3 Å². The SMILES string of the molecule is O=C1C[C@@H]2CC[C@H](CN1)N2C(=O)c1ccc2ncsc2c1. The number of carbonyl (C=O) groups excluding carboxylic acids is 2. The molecule has 0 radical (unpaired) electrons. The first kappa shape index (κ1) is 12.8. The number of amides is 2. The lowest BCUT2D eigenvalue weighted by molar-refractivity contribution is -0.121. The molecule has 2 bridgehead atoms. The van der Waals surface area contributed by atoms with Crippen molar-refractivity contribution in [2.45, 2.75) is 31.3 Å². The maximum Gasteiger partial charge on any atom is 0.254 e. The molecular formula is C15H15N3O2S. The van der Waals surface area contributed by atoms with Gasteiger partial charge >= 0.3 is 0 Å². The molecular weight excluding hydrogens is 286 g/mol. The number of benzene rings is 1. The standard InChI is InChI=1S/C15H15N3O2S/c19-14-6-10-2-3-11(7-16-14)18(10)15(20)9-1-4-12-13(5-9)21-8-17-12/h1,4-5,8,10-11H,2-3,6-7H2,(H,16,19)/t10-,11+/m0/s1. The number of carbonyl (C=O) groups is 2. The molecule has 0 aliphatic carbocycles. The Kier molecular flexibility index (Phi) is 2.92. The molecule has 2 fully saturated rings. The third-order valence-electron chi connectivity index (χ3n) is 4.39. The van der Waals surface area contributed by atoms with Gasteiger partial charge in [-0.25, -0.2) is 4.98 Å². The second kappa shape index (κ2) is 4.80. The largest absolute Gasteiger partial charge is 0.354 e. The molecule has 1 aromatic carbocycles. The van der Waals surface area contributed by atoms with Crippen LogP contribution in [0.1, 0.15) is 29.6 Å². The molecule has 3 heterocycles. The van der Waals surface area contributed by atoms with Crippen LogP contribution < -0.4 is 5.32 Å². The first-order valence-electron chi connectivity index (χ1n) is 7.15. The molecule has 108 valence electrons. The topological polar surface area (TPSA) is 62.3 Å². The molecule has 2 aliphatic heterocycles. The van der Waals surface area contributed by atoms with Crippen LogP contribution in [-0.2, 0) is 4.79 Å². The zero-order valence-corrected chi connectivity index (χ0v) is 12.2. The van der Waals surface area contributed by atoms with Gasteiger partial charge in [-0.2, -0.15) is 0 Å². The van der Waals surface area contributed by atoms with Crippen molar-refractivity contribution in [3.05, 3.63) is 29.3 Å². The normalized spacial score (nSPS) is 25.0. The van der Waals surface area contributed by atoms with Crippen LogP contribution in [0, 0.1) is 0 Å². The Balaban J connectivity index is 1.68. The molecule has 1 aromatic heterocycles. The van der Waals surface area contributed by atoms with E-state index in [1.54, 1.807) is 5.51 Å². The monoisotopic (exact) mass is 301 g/mol. The maximum absolute atomic E-state index is 12.9. The van der Waals surface area contributed by atoms with Gasteiger partial charge in [-0.05, 0) is 31.0 Å². The van der Waals surface area contributed by atoms with Gasteiger partial charge in [-0.3, -0.25) is 9.59 Å². The first-order valence-corrected chi connectivity index (χ1v) is 8.03. The fourth-order valence-electron chi connectivity index (χ4n) is 3.35.